The Hall–Kier alpha value is -2.14. The van der Waals surface area contributed by atoms with E-state index in [1.54, 1.807) is 0 Å². The highest BCUT2D eigenvalue weighted by Gasteiger charge is 2.15. The molecule has 5 nitrogen and oxygen atoms in total. The number of rotatable bonds is 7. The monoisotopic (exact) mass is 355 g/mol. The van der Waals surface area contributed by atoms with E-state index in [2.05, 4.69) is 22.1 Å². The Morgan fingerprint density at radius 1 is 1.35 bits per heavy atom. The Morgan fingerprint density at radius 2 is 2.19 bits per heavy atom. The number of hydrogen-bond donors (Lipinski definition) is 2. The molecule has 26 heavy (non-hydrogen) atoms. The Labute approximate surface area is 154 Å². The van der Waals surface area contributed by atoms with E-state index in [4.69, 9.17) is 0 Å². The summed E-state index contributed by atoms with van der Waals surface area (Å²) < 4.78 is 0. The van der Waals surface area contributed by atoms with Gasteiger partial charge < -0.3 is 15.2 Å². The van der Waals surface area contributed by atoms with Crippen molar-refractivity contribution in [2.24, 2.45) is 5.92 Å². The molecule has 1 atom stereocenters. The van der Waals surface area contributed by atoms with Crippen molar-refractivity contribution in [2.75, 3.05) is 26.2 Å². The minimum Gasteiger partial charge on any atom is -0.356 e. The zero-order chi connectivity index (χ0) is 18.4. The molecule has 1 aliphatic heterocycles. The second-order valence-electron chi connectivity index (χ2n) is 7.46. The number of benzene rings is 1. The molecular weight excluding hydrogens is 326 g/mol. The molecule has 3 rings (SSSR count). The second-order valence-corrected chi connectivity index (χ2v) is 7.46. The minimum absolute atomic E-state index is 0.0181. The first-order chi connectivity index (χ1) is 12.6. The quantitative estimate of drug-likeness (QED) is 0.751. The Morgan fingerprint density at radius 3 is 3.04 bits per heavy atom. The molecular formula is C21H29N3O2. The van der Waals surface area contributed by atoms with Gasteiger partial charge in [0.15, 0.2) is 0 Å². The van der Waals surface area contributed by atoms with E-state index in [1.165, 1.54) is 25.9 Å². The van der Waals surface area contributed by atoms with Crippen LogP contribution in [0.3, 0.4) is 0 Å². The zero-order valence-electron chi connectivity index (χ0n) is 15.6. The molecule has 2 heterocycles. The highest BCUT2D eigenvalue weighted by molar-refractivity contribution is 5.79. The molecule has 1 aliphatic rings. The van der Waals surface area contributed by atoms with Crippen LogP contribution in [0.2, 0.25) is 0 Å². The number of pyridine rings is 1. The number of fused-ring (bicyclic) bond motifs is 1. The molecule has 2 N–H and O–H groups in total. The molecule has 2 aromatic rings. The predicted molar refractivity (Wildman–Crippen MR) is 105 cm³/mol. The van der Waals surface area contributed by atoms with E-state index in [9.17, 15) is 9.59 Å². The third kappa shape index (κ3) is 5.18. The van der Waals surface area contributed by atoms with Crippen LogP contribution in [-0.4, -0.2) is 42.0 Å². The van der Waals surface area contributed by atoms with E-state index in [1.807, 2.05) is 30.3 Å². The maximum atomic E-state index is 12.1. The summed E-state index contributed by atoms with van der Waals surface area (Å²) in [5.74, 6) is 0.808. The number of aromatic amines is 1. The maximum absolute atomic E-state index is 12.1. The van der Waals surface area contributed by atoms with Gasteiger partial charge in [0.2, 0.25) is 5.91 Å². The fourth-order valence-corrected chi connectivity index (χ4v) is 3.74. The smallest absolute Gasteiger partial charge is 0.251 e. The second kappa shape index (κ2) is 8.99. The summed E-state index contributed by atoms with van der Waals surface area (Å²) in [7, 11) is 0. The molecule has 1 amide bonds. The molecule has 140 valence electrons. The molecule has 0 radical (unpaired) electrons. The molecule has 1 aromatic carbocycles. The number of likely N-dealkylation sites (tertiary alicyclic amines) is 1. The van der Waals surface area contributed by atoms with Crippen molar-refractivity contribution >= 4 is 16.8 Å². The third-order valence-corrected chi connectivity index (χ3v) is 5.17. The molecule has 0 spiro atoms. The van der Waals surface area contributed by atoms with Gasteiger partial charge in [-0.2, -0.15) is 0 Å². The van der Waals surface area contributed by atoms with Gasteiger partial charge in [0.05, 0.1) is 0 Å². The van der Waals surface area contributed by atoms with Gasteiger partial charge in [0, 0.05) is 30.6 Å². The average Bonchev–Trinajstić information content (AvgIpc) is 2.63. The molecule has 0 saturated carbocycles. The van der Waals surface area contributed by atoms with Crippen LogP contribution in [-0.2, 0) is 11.2 Å². The van der Waals surface area contributed by atoms with Crippen molar-refractivity contribution in [3.05, 3.63) is 46.2 Å². The van der Waals surface area contributed by atoms with E-state index in [0.29, 0.717) is 24.9 Å². The van der Waals surface area contributed by atoms with Crippen LogP contribution in [0.1, 0.15) is 38.2 Å². The van der Waals surface area contributed by atoms with Crippen molar-refractivity contribution < 1.29 is 4.79 Å². The number of nitrogens with zero attached hydrogens (tertiary/aromatic N) is 1. The number of H-pyrrole nitrogens is 1. The molecule has 5 heteroatoms. The van der Waals surface area contributed by atoms with E-state index >= 15 is 0 Å². The van der Waals surface area contributed by atoms with Crippen LogP contribution < -0.4 is 10.9 Å². The highest BCUT2D eigenvalue weighted by atomic mass is 16.1. The van der Waals surface area contributed by atoms with Crippen LogP contribution >= 0.6 is 0 Å². The number of hydrogen-bond acceptors (Lipinski definition) is 3. The number of aryl methyl sites for hydroxylation is 1. The minimum atomic E-state index is -0.101. The Balaban J connectivity index is 1.40. The van der Waals surface area contributed by atoms with Gasteiger partial charge in [-0.05, 0) is 62.2 Å². The van der Waals surface area contributed by atoms with Crippen LogP contribution in [0.5, 0.6) is 0 Å². The summed E-state index contributed by atoms with van der Waals surface area (Å²) in [5, 5.41) is 3.98. The summed E-state index contributed by atoms with van der Waals surface area (Å²) >= 11 is 0. The fourth-order valence-electron chi connectivity index (χ4n) is 3.74. The SMILES string of the molecule is C[C@@H]1CCCN(CCCNC(=O)CCc2cc3ccccc3[nH]c2=O)C1. The number of carbonyl (C=O) groups excluding carboxylic acids is 1. The first-order valence-electron chi connectivity index (χ1n) is 9.72. The van der Waals surface area contributed by atoms with Gasteiger partial charge in [0.1, 0.15) is 0 Å². The van der Waals surface area contributed by atoms with Crippen molar-refractivity contribution in [3.63, 3.8) is 0 Å². The van der Waals surface area contributed by atoms with Gasteiger partial charge in [0.25, 0.3) is 5.56 Å². The lowest BCUT2D eigenvalue weighted by Gasteiger charge is -2.30. The Kier molecular flexibility index (Phi) is 6.45. The van der Waals surface area contributed by atoms with E-state index in [-0.39, 0.29) is 11.5 Å². The van der Waals surface area contributed by atoms with Crippen molar-refractivity contribution in [1.29, 1.82) is 0 Å². The molecule has 0 aliphatic carbocycles. The van der Waals surface area contributed by atoms with Crippen LogP contribution in [0.15, 0.2) is 35.1 Å². The first-order valence-corrected chi connectivity index (χ1v) is 9.72. The van der Waals surface area contributed by atoms with Gasteiger partial charge in [-0.25, -0.2) is 0 Å². The highest BCUT2D eigenvalue weighted by Crippen LogP contribution is 2.15. The standard InChI is InChI=1S/C21H29N3O2/c1-16-6-4-12-24(15-16)13-5-11-22-20(25)10-9-18-14-17-7-2-3-8-19(17)23-21(18)26/h2-3,7-8,14,16H,4-6,9-13,15H2,1H3,(H,22,25)(H,23,26)/t16-/m1/s1. The number of para-hydroxylation sites is 1. The third-order valence-electron chi connectivity index (χ3n) is 5.17. The lowest BCUT2D eigenvalue weighted by Crippen LogP contribution is -2.36. The van der Waals surface area contributed by atoms with Crippen LogP contribution in [0.25, 0.3) is 10.9 Å². The lowest BCUT2D eigenvalue weighted by atomic mass is 10.0. The van der Waals surface area contributed by atoms with Crippen LogP contribution in [0.4, 0.5) is 0 Å². The summed E-state index contributed by atoms with van der Waals surface area (Å²) in [6, 6.07) is 9.59. The van der Waals surface area contributed by atoms with E-state index < -0.39 is 0 Å². The summed E-state index contributed by atoms with van der Waals surface area (Å²) in [5.41, 5.74) is 1.40. The number of aromatic nitrogens is 1. The summed E-state index contributed by atoms with van der Waals surface area (Å²) in [4.78, 5) is 29.5. The number of carbonyl (C=O) groups is 1. The first kappa shape index (κ1) is 18.6. The lowest BCUT2D eigenvalue weighted by molar-refractivity contribution is -0.121. The van der Waals surface area contributed by atoms with Crippen molar-refractivity contribution in [3.8, 4) is 0 Å². The molecule has 0 bridgehead atoms. The summed E-state index contributed by atoms with van der Waals surface area (Å²) in [6.45, 7) is 6.43. The van der Waals surface area contributed by atoms with E-state index in [0.717, 1.165) is 29.8 Å². The van der Waals surface area contributed by atoms with Gasteiger partial charge in [-0.3, -0.25) is 9.59 Å². The molecule has 1 saturated heterocycles. The number of amides is 1. The zero-order valence-corrected chi connectivity index (χ0v) is 15.6. The Bertz CT molecular complexity index is 799. The van der Waals surface area contributed by atoms with Gasteiger partial charge >= 0.3 is 0 Å². The van der Waals surface area contributed by atoms with Crippen LogP contribution in [0, 0.1) is 5.92 Å². The average molecular weight is 355 g/mol. The fraction of sp³-hybridized carbons (Fsp3) is 0.524. The van der Waals surface area contributed by atoms with Crippen molar-refractivity contribution in [1.82, 2.24) is 15.2 Å². The molecule has 0 unspecified atom stereocenters. The largest absolute Gasteiger partial charge is 0.356 e. The summed E-state index contributed by atoms with van der Waals surface area (Å²) in [6.07, 6.45) is 4.42. The topological polar surface area (TPSA) is 65.2 Å². The van der Waals surface area contributed by atoms with Gasteiger partial charge in [-0.1, -0.05) is 25.1 Å². The van der Waals surface area contributed by atoms with Crippen molar-refractivity contribution in [2.45, 2.75) is 39.0 Å². The maximum Gasteiger partial charge on any atom is 0.251 e. The molecule has 1 fully saturated rings. The predicted octanol–water partition coefficient (Wildman–Crippen LogP) is 2.70. The van der Waals surface area contributed by atoms with Gasteiger partial charge in [-0.15, -0.1) is 0 Å². The number of nitrogens with one attached hydrogen (secondary N) is 2. The molecule has 1 aromatic heterocycles. The number of piperidine rings is 1. The normalized spacial score (nSPS) is 18.1.